The number of hydrogen-bond acceptors (Lipinski definition) is 8. The van der Waals surface area contributed by atoms with Crippen LogP contribution in [0, 0.1) is 11.6 Å². The van der Waals surface area contributed by atoms with E-state index in [-0.39, 0.29) is 16.9 Å². The number of carbonyl (C=O) groups excluding carboxylic acids is 3. The van der Waals surface area contributed by atoms with Crippen LogP contribution < -0.4 is 16.0 Å². The van der Waals surface area contributed by atoms with Gasteiger partial charge in [-0.3, -0.25) is 19.4 Å². The number of aliphatic hydroxyl groups excluding tert-OH is 2. The van der Waals surface area contributed by atoms with E-state index in [4.69, 9.17) is 0 Å². The van der Waals surface area contributed by atoms with Crippen molar-refractivity contribution in [1.29, 1.82) is 0 Å². The fourth-order valence-electron chi connectivity index (χ4n) is 4.09. The number of halogens is 2. The molecule has 2 rings (SSSR count). The third-order valence-electron chi connectivity index (χ3n) is 6.19. The van der Waals surface area contributed by atoms with Gasteiger partial charge in [-0.05, 0) is 49.6 Å². The zero-order valence-corrected chi connectivity index (χ0v) is 23.8. The SMILES string of the molecule is CCCCS(=O)(=O)C[C@@H](NC(=O)c1cccnc1)C(=O)N[C@@H](Cc1cc(F)cc(F)c1)[C@@H](O)[C@H](O)[C@@H](C)NC(C)=O. The molecule has 0 bridgehead atoms. The number of carbonyl (C=O) groups is 3. The molecule has 0 aliphatic rings. The van der Waals surface area contributed by atoms with Crippen LogP contribution in [-0.4, -0.2) is 83.2 Å². The minimum absolute atomic E-state index is 0.0118. The molecule has 0 aliphatic heterocycles. The van der Waals surface area contributed by atoms with E-state index in [0.717, 1.165) is 12.1 Å². The Labute approximate surface area is 237 Å². The third-order valence-corrected chi connectivity index (χ3v) is 7.94. The number of unbranched alkanes of at least 4 members (excludes halogenated alkanes) is 1. The van der Waals surface area contributed by atoms with Gasteiger partial charge in [-0.1, -0.05) is 13.3 Å². The molecular weight excluding hydrogens is 562 g/mol. The maximum absolute atomic E-state index is 13.9. The predicted molar refractivity (Wildman–Crippen MR) is 146 cm³/mol. The summed E-state index contributed by atoms with van der Waals surface area (Å²) in [4.78, 5) is 41.5. The maximum atomic E-state index is 13.9. The lowest BCUT2D eigenvalue weighted by molar-refractivity contribution is -0.126. The topological polar surface area (TPSA) is 175 Å². The van der Waals surface area contributed by atoms with Crippen LogP contribution in [0.15, 0.2) is 42.7 Å². The lowest BCUT2D eigenvalue weighted by atomic mass is 9.94. The van der Waals surface area contributed by atoms with Crippen LogP contribution in [-0.2, 0) is 25.8 Å². The number of sulfone groups is 1. The Morgan fingerprint density at radius 3 is 2.24 bits per heavy atom. The monoisotopic (exact) mass is 598 g/mol. The van der Waals surface area contributed by atoms with Gasteiger partial charge in [0.1, 0.15) is 29.9 Å². The lowest BCUT2D eigenvalue weighted by Crippen LogP contribution is -2.59. The van der Waals surface area contributed by atoms with E-state index in [1.165, 1.54) is 38.4 Å². The summed E-state index contributed by atoms with van der Waals surface area (Å²) in [7, 11) is -3.83. The van der Waals surface area contributed by atoms with Crippen LogP contribution in [0.4, 0.5) is 8.78 Å². The van der Waals surface area contributed by atoms with E-state index >= 15 is 0 Å². The highest BCUT2D eigenvalue weighted by Gasteiger charge is 2.35. The first-order chi connectivity index (χ1) is 19.2. The second-order valence-corrected chi connectivity index (χ2v) is 12.0. The number of benzene rings is 1. The minimum atomic E-state index is -3.83. The molecule has 41 heavy (non-hydrogen) atoms. The Bertz CT molecular complexity index is 1280. The molecule has 1 heterocycles. The molecule has 0 spiro atoms. The molecule has 1 aromatic carbocycles. The van der Waals surface area contributed by atoms with Crippen molar-refractivity contribution in [1.82, 2.24) is 20.9 Å². The van der Waals surface area contributed by atoms with E-state index < -0.39 is 81.7 Å². The van der Waals surface area contributed by atoms with Crippen molar-refractivity contribution in [3.63, 3.8) is 0 Å². The minimum Gasteiger partial charge on any atom is -0.388 e. The molecule has 0 saturated carbocycles. The summed E-state index contributed by atoms with van der Waals surface area (Å²) in [6, 6.07) is 1.40. The van der Waals surface area contributed by atoms with Crippen molar-refractivity contribution in [2.24, 2.45) is 0 Å². The highest BCUT2D eigenvalue weighted by Crippen LogP contribution is 2.15. The summed E-state index contributed by atoms with van der Waals surface area (Å²) < 4.78 is 53.3. The zero-order chi connectivity index (χ0) is 30.7. The Morgan fingerprint density at radius 1 is 1.02 bits per heavy atom. The summed E-state index contributed by atoms with van der Waals surface area (Å²) >= 11 is 0. The third kappa shape index (κ3) is 11.1. The molecule has 1 aromatic heterocycles. The fraction of sp³-hybridized carbons (Fsp3) is 0.481. The molecule has 0 fully saturated rings. The van der Waals surface area contributed by atoms with E-state index in [9.17, 15) is 41.8 Å². The number of aromatic nitrogens is 1. The number of rotatable bonds is 15. The number of nitrogens with zero attached hydrogens (tertiary/aromatic N) is 1. The Morgan fingerprint density at radius 2 is 1.68 bits per heavy atom. The van der Waals surface area contributed by atoms with Gasteiger partial charge < -0.3 is 26.2 Å². The quantitative estimate of drug-likeness (QED) is 0.199. The van der Waals surface area contributed by atoms with Gasteiger partial charge in [0.2, 0.25) is 11.8 Å². The van der Waals surface area contributed by atoms with Gasteiger partial charge in [0.15, 0.2) is 9.84 Å². The van der Waals surface area contributed by atoms with Crippen LogP contribution in [0.25, 0.3) is 0 Å². The Balaban J connectivity index is 2.40. The van der Waals surface area contributed by atoms with E-state index in [0.29, 0.717) is 18.9 Å². The molecule has 11 nitrogen and oxygen atoms in total. The predicted octanol–water partition coefficient (Wildman–Crippen LogP) is 0.647. The van der Waals surface area contributed by atoms with Crippen LogP contribution in [0.3, 0.4) is 0 Å². The van der Waals surface area contributed by atoms with Gasteiger partial charge in [0, 0.05) is 25.4 Å². The number of hydrogen-bond donors (Lipinski definition) is 5. The fourth-order valence-corrected chi connectivity index (χ4v) is 5.72. The van der Waals surface area contributed by atoms with E-state index in [2.05, 4.69) is 20.9 Å². The summed E-state index contributed by atoms with van der Waals surface area (Å²) in [5.41, 5.74) is 0.0698. The van der Waals surface area contributed by atoms with Crippen molar-refractivity contribution in [2.75, 3.05) is 11.5 Å². The van der Waals surface area contributed by atoms with Gasteiger partial charge in [-0.2, -0.15) is 0 Å². The maximum Gasteiger partial charge on any atom is 0.253 e. The Hall–Kier alpha value is -3.49. The van der Waals surface area contributed by atoms with Crippen LogP contribution in [0.2, 0.25) is 0 Å². The van der Waals surface area contributed by atoms with Gasteiger partial charge in [-0.25, -0.2) is 17.2 Å². The Kier molecular flexibility index (Phi) is 12.7. The average Bonchev–Trinajstić information content (AvgIpc) is 2.89. The molecule has 5 N–H and O–H groups in total. The number of amides is 3. The first kappa shape index (κ1) is 33.7. The molecule has 14 heteroatoms. The van der Waals surface area contributed by atoms with Crippen molar-refractivity contribution in [3.8, 4) is 0 Å². The molecular formula is C27H36F2N4O7S. The first-order valence-corrected chi connectivity index (χ1v) is 14.8. The van der Waals surface area contributed by atoms with Crippen molar-refractivity contribution in [2.45, 2.75) is 70.4 Å². The van der Waals surface area contributed by atoms with Crippen molar-refractivity contribution in [3.05, 3.63) is 65.5 Å². The number of nitrogens with one attached hydrogen (secondary N) is 3. The molecule has 0 aliphatic carbocycles. The molecule has 2 aromatic rings. The summed E-state index contributed by atoms with van der Waals surface area (Å²) in [5, 5.41) is 28.9. The first-order valence-electron chi connectivity index (χ1n) is 13.0. The smallest absolute Gasteiger partial charge is 0.253 e. The largest absolute Gasteiger partial charge is 0.388 e. The molecule has 0 saturated heterocycles. The number of aliphatic hydroxyl groups is 2. The normalized spacial score (nSPS) is 15.2. The van der Waals surface area contributed by atoms with Gasteiger partial charge in [0.25, 0.3) is 5.91 Å². The highest BCUT2D eigenvalue weighted by molar-refractivity contribution is 7.91. The molecule has 5 atom stereocenters. The molecule has 0 radical (unpaired) electrons. The van der Waals surface area contributed by atoms with Gasteiger partial charge in [-0.15, -0.1) is 0 Å². The standard InChI is InChI=1S/C27H36F2N4O7S/c1-4-5-9-41(39,40)15-23(33-26(37)19-7-6-8-30-14-19)27(38)32-22(12-18-10-20(28)13-21(29)11-18)25(36)24(35)16(2)31-17(3)34/h6-8,10-11,13-14,16,22-25,35-36H,4-5,9,12,15H2,1-3H3,(H,31,34)(H,32,38)(H,33,37)/t16-,22+,23-,24-,25-/m1/s1. The van der Waals surface area contributed by atoms with Gasteiger partial charge >= 0.3 is 0 Å². The van der Waals surface area contributed by atoms with E-state index in [1.54, 1.807) is 6.92 Å². The zero-order valence-electron chi connectivity index (χ0n) is 23.0. The molecule has 226 valence electrons. The number of pyridine rings is 1. The molecule has 3 amide bonds. The van der Waals surface area contributed by atoms with Crippen LogP contribution >= 0.6 is 0 Å². The average molecular weight is 599 g/mol. The second-order valence-electron chi connectivity index (χ2n) is 9.80. The summed E-state index contributed by atoms with van der Waals surface area (Å²) in [5.74, 6) is -5.17. The van der Waals surface area contributed by atoms with Gasteiger partial charge in [0.05, 0.1) is 29.2 Å². The van der Waals surface area contributed by atoms with E-state index in [1.807, 2.05) is 0 Å². The summed E-state index contributed by atoms with van der Waals surface area (Å²) in [6.45, 7) is 4.38. The molecule has 0 unspecified atom stereocenters. The van der Waals surface area contributed by atoms with Crippen molar-refractivity contribution >= 4 is 27.6 Å². The van der Waals surface area contributed by atoms with Crippen LogP contribution in [0.1, 0.15) is 49.5 Å². The summed E-state index contributed by atoms with van der Waals surface area (Å²) in [6.07, 6.45) is -0.297. The second kappa shape index (κ2) is 15.5. The highest BCUT2D eigenvalue weighted by atomic mass is 32.2. The lowest BCUT2D eigenvalue weighted by Gasteiger charge is -2.32. The van der Waals surface area contributed by atoms with Crippen LogP contribution in [0.5, 0.6) is 0 Å². The van der Waals surface area contributed by atoms with Crippen molar-refractivity contribution < 1.29 is 41.8 Å².